The molecule has 1 unspecified atom stereocenters. The van der Waals surface area contributed by atoms with E-state index in [2.05, 4.69) is 27.3 Å². The molecule has 1 aliphatic heterocycles. The third kappa shape index (κ3) is 4.45. The van der Waals surface area contributed by atoms with Crippen LogP contribution in [0.25, 0.3) is 0 Å². The van der Waals surface area contributed by atoms with Gasteiger partial charge in [0.2, 0.25) is 5.89 Å². The molecule has 0 saturated carbocycles. The molecule has 1 saturated heterocycles. The minimum Gasteiger partial charge on any atom is -0.407 e. The third-order valence-corrected chi connectivity index (χ3v) is 3.91. The van der Waals surface area contributed by atoms with Gasteiger partial charge in [0.1, 0.15) is 0 Å². The van der Waals surface area contributed by atoms with Crippen molar-refractivity contribution in [1.29, 1.82) is 0 Å². The zero-order chi connectivity index (χ0) is 14.2. The van der Waals surface area contributed by atoms with E-state index in [0.717, 1.165) is 25.6 Å². The molecule has 0 bridgehead atoms. The molecule has 0 aliphatic carbocycles. The van der Waals surface area contributed by atoms with E-state index in [1.165, 1.54) is 25.7 Å². The lowest BCUT2D eigenvalue weighted by Gasteiger charge is -2.17. The molecule has 0 amide bonds. The summed E-state index contributed by atoms with van der Waals surface area (Å²) < 4.78 is 10.7. The molecule has 1 aromatic heterocycles. The van der Waals surface area contributed by atoms with Crippen LogP contribution in [0.15, 0.2) is 4.42 Å². The van der Waals surface area contributed by atoms with Gasteiger partial charge in [-0.1, -0.05) is 18.4 Å². The number of rotatable bonds is 7. The van der Waals surface area contributed by atoms with Crippen molar-refractivity contribution in [2.24, 2.45) is 5.92 Å². The van der Waals surface area contributed by atoms with Crippen molar-refractivity contribution in [2.75, 3.05) is 38.3 Å². The maximum Gasteiger partial charge on any atom is 0.318 e. The van der Waals surface area contributed by atoms with Crippen molar-refractivity contribution >= 4 is 6.01 Å². The van der Waals surface area contributed by atoms with Crippen LogP contribution in [0.4, 0.5) is 6.01 Å². The average molecular weight is 282 g/mol. The van der Waals surface area contributed by atoms with Gasteiger partial charge in [0.25, 0.3) is 0 Å². The highest BCUT2D eigenvalue weighted by Gasteiger charge is 2.19. The Morgan fingerprint density at radius 3 is 3.05 bits per heavy atom. The van der Waals surface area contributed by atoms with Crippen LogP contribution in [0.5, 0.6) is 0 Å². The minimum atomic E-state index is 0.599. The summed E-state index contributed by atoms with van der Waals surface area (Å²) in [7, 11) is 1.69. The van der Waals surface area contributed by atoms with E-state index in [1.54, 1.807) is 7.11 Å². The molecule has 0 aromatic carbocycles. The van der Waals surface area contributed by atoms with Gasteiger partial charge in [-0.2, -0.15) is 0 Å². The van der Waals surface area contributed by atoms with Crippen LogP contribution in [-0.2, 0) is 11.3 Å². The fourth-order valence-electron chi connectivity index (χ4n) is 2.58. The molecule has 1 aliphatic rings. The van der Waals surface area contributed by atoms with Crippen LogP contribution in [-0.4, -0.2) is 43.5 Å². The standard InChI is InChI=1S/C14H26N4O2/c1-3-12-5-4-8-18(9-6-12)14-17-16-13(20-14)11-15-7-10-19-2/h12,15H,3-11H2,1-2H3. The highest BCUT2D eigenvalue weighted by molar-refractivity contribution is 5.24. The Morgan fingerprint density at radius 2 is 2.25 bits per heavy atom. The number of nitrogens with zero attached hydrogens (tertiary/aromatic N) is 3. The van der Waals surface area contributed by atoms with Crippen LogP contribution in [0.2, 0.25) is 0 Å². The summed E-state index contributed by atoms with van der Waals surface area (Å²) in [6.45, 7) is 6.40. The van der Waals surface area contributed by atoms with Gasteiger partial charge in [-0.3, -0.25) is 0 Å². The summed E-state index contributed by atoms with van der Waals surface area (Å²) in [5, 5.41) is 11.5. The first-order chi connectivity index (χ1) is 9.83. The normalized spacial score (nSPS) is 20.1. The quantitative estimate of drug-likeness (QED) is 0.770. The average Bonchev–Trinajstić information content (AvgIpc) is 2.80. The Kier molecular flexibility index (Phi) is 6.26. The van der Waals surface area contributed by atoms with Gasteiger partial charge in [-0.25, -0.2) is 0 Å². The minimum absolute atomic E-state index is 0.599. The molecule has 0 radical (unpaired) electrons. The van der Waals surface area contributed by atoms with E-state index < -0.39 is 0 Å². The molecule has 0 spiro atoms. The molecule has 1 aromatic rings. The fourth-order valence-corrected chi connectivity index (χ4v) is 2.58. The van der Waals surface area contributed by atoms with E-state index in [4.69, 9.17) is 9.15 Å². The monoisotopic (exact) mass is 282 g/mol. The summed E-state index contributed by atoms with van der Waals surface area (Å²) in [4.78, 5) is 2.22. The van der Waals surface area contributed by atoms with E-state index >= 15 is 0 Å². The van der Waals surface area contributed by atoms with Crippen molar-refractivity contribution in [3.05, 3.63) is 5.89 Å². The first-order valence-corrected chi connectivity index (χ1v) is 7.60. The van der Waals surface area contributed by atoms with Crippen LogP contribution >= 0.6 is 0 Å². The third-order valence-electron chi connectivity index (χ3n) is 3.91. The lowest BCUT2D eigenvalue weighted by Crippen LogP contribution is -2.24. The zero-order valence-corrected chi connectivity index (χ0v) is 12.6. The Bertz CT molecular complexity index is 383. The van der Waals surface area contributed by atoms with Gasteiger partial charge in [0, 0.05) is 26.7 Å². The van der Waals surface area contributed by atoms with E-state index in [-0.39, 0.29) is 0 Å². The largest absolute Gasteiger partial charge is 0.407 e. The zero-order valence-electron chi connectivity index (χ0n) is 12.6. The van der Waals surface area contributed by atoms with E-state index in [9.17, 15) is 0 Å². The predicted octanol–water partition coefficient (Wildman–Crippen LogP) is 1.82. The molecule has 1 fully saturated rings. The molecule has 1 atom stereocenters. The van der Waals surface area contributed by atoms with Gasteiger partial charge in [-0.05, 0) is 25.2 Å². The SMILES string of the molecule is CCC1CCCN(c2nnc(CNCCOC)o2)CC1. The molecule has 114 valence electrons. The lowest BCUT2D eigenvalue weighted by atomic mass is 9.98. The smallest absolute Gasteiger partial charge is 0.318 e. The Labute approximate surface area is 120 Å². The van der Waals surface area contributed by atoms with Crippen LogP contribution in [0.3, 0.4) is 0 Å². The Morgan fingerprint density at radius 1 is 1.35 bits per heavy atom. The maximum absolute atomic E-state index is 5.73. The molecule has 2 heterocycles. The molecule has 20 heavy (non-hydrogen) atoms. The summed E-state index contributed by atoms with van der Waals surface area (Å²) in [5.74, 6) is 1.49. The van der Waals surface area contributed by atoms with Gasteiger partial charge in [-0.15, -0.1) is 5.10 Å². The Hall–Kier alpha value is -1.14. The number of nitrogens with one attached hydrogen (secondary N) is 1. The Balaban J connectivity index is 1.81. The van der Waals surface area contributed by atoms with Gasteiger partial charge in [0.05, 0.1) is 13.2 Å². The first kappa shape index (κ1) is 15.3. The molecule has 6 heteroatoms. The first-order valence-electron chi connectivity index (χ1n) is 7.60. The van der Waals surface area contributed by atoms with Crippen molar-refractivity contribution in [2.45, 2.75) is 39.2 Å². The second kappa shape index (κ2) is 8.21. The summed E-state index contributed by atoms with van der Waals surface area (Å²) in [5.41, 5.74) is 0. The van der Waals surface area contributed by atoms with E-state index in [1.807, 2.05) is 0 Å². The molecular formula is C14H26N4O2. The van der Waals surface area contributed by atoms with Gasteiger partial charge < -0.3 is 19.4 Å². The molecule has 2 rings (SSSR count). The number of aromatic nitrogens is 2. The second-order valence-corrected chi connectivity index (χ2v) is 5.34. The highest BCUT2D eigenvalue weighted by atomic mass is 16.5. The van der Waals surface area contributed by atoms with Gasteiger partial charge in [0.15, 0.2) is 0 Å². The number of anilines is 1. The molecular weight excluding hydrogens is 256 g/mol. The van der Waals surface area contributed by atoms with Crippen molar-refractivity contribution < 1.29 is 9.15 Å². The maximum atomic E-state index is 5.73. The van der Waals surface area contributed by atoms with Crippen molar-refractivity contribution in [1.82, 2.24) is 15.5 Å². The van der Waals surface area contributed by atoms with Crippen molar-refractivity contribution in [3.63, 3.8) is 0 Å². The second-order valence-electron chi connectivity index (χ2n) is 5.34. The van der Waals surface area contributed by atoms with Crippen LogP contribution in [0, 0.1) is 5.92 Å². The summed E-state index contributed by atoms with van der Waals surface area (Å²) in [6.07, 6.45) is 5.02. The van der Waals surface area contributed by atoms with Crippen LogP contribution < -0.4 is 10.2 Å². The summed E-state index contributed by atoms with van der Waals surface area (Å²) >= 11 is 0. The van der Waals surface area contributed by atoms with Crippen molar-refractivity contribution in [3.8, 4) is 0 Å². The predicted molar refractivity (Wildman–Crippen MR) is 77.7 cm³/mol. The molecule has 6 nitrogen and oxygen atoms in total. The topological polar surface area (TPSA) is 63.4 Å². The van der Waals surface area contributed by atoms with Gasteiger partial charge >= 0.3 is 6.01 Å². The number of hydrogen-bond acceptors (Lipinski definition) is 6. The molecule has 1 N–H and O–H groups in total. The number of ether oxygens (including phenoxy) is 1. The number of methoxy groups -OCH3 is 1. The van der Waals surface area contributed by atoms with Crippen LogP contribution in [0.1, 0.15) is 38.5 Å². The lowest BCUT2D eigenvalue weighted by molar-refractivity contribution is 0.198. The van der Waals surface area contributed by atoms with E-state index in [0.29, 0.717) is 25.1 Å². The fraction of sp³-hybridized carbons (Fsp3) is 0.857. The number of hydrogen-bond donors (Lipinski definition) is 1. The summed E-state index contributed by atoms with van der Waals surface area (Å²) in [6, 6.07) is 0.672. The highest BCUT2D eigenvalue weighted by Crippen LogP contribution is 2.23.